The summed E-state index contributed by atoms with van der Waals surface area (Å²) in [4.78, 5) is 0. The topological polar surface area (TPSA) is 79.6 Å². The Hall–Kier alpha value is -1.40. The van der Waals surface area contributed by atoms with Crippen LogP contribution in [0.4, 0.5) is 0 Å². The highest BCUT2D eigenvalue weighted by molar-refractivity contribution is 6.31. The first kappa shape index (κ1) is 12.1. The molecule has 0 aliphatic rings. The zero-order valence-corrected chi connectivity index (χ0v) is 10.4. The van der Waals surface area contributed by atoms with Gasteiger partial charge >= 0.3 is 0 Å². The first-order valence-electron chi connectivity index (χ1n) is 5.39. The Morgan fingerprint density at radius 1 is 1.59 bits per heavy atom. The summed E-state index contributed by atoms with van der Waals surface area (Å²) in [6, 6.07) is 0. The Kier molecular flexibility index (Phi) is 3.44. The van der Waals surface area contributed by atoms with Gasteiger partial charge in [-0.05, 0) is 13.8 Å². The van der Waals surface area contributed by atoms with Gasteiger partial charge in [0.05, 0.1) is 22.6 Å². The molecule has 2 heterocycles. The highest BCUT2D eigenvalue weighted by atomic mass is 35.5. The Morgan fingerprint density at radius 2 is 2.35 bits per heavy atom. The maximum absolute atomic E-state index is 9.99. The van der Waals surface area contributed by atoms with Gasteiger partial charge in [-0.2, -0.15) is 20.5 Å². The van der Waals surface area contributed by atoms with Gasteiger partial charge in [0, 0.05) is 13.0 Å². The predicted molar refractivity (Wildman–Crippen MR) is 62.7 cm³/mol. The molecule has 17 heavy (non-hydrogen) atoms. The fraction of sp³-hybridized carbons (Fsp3) is 0.500. The van der Waals surface area contributed by atoms with Crippen molar-refractivity contribution in [2.45, 2.75) is 32.9 Å². The van der Waals surface area contributed by atoms with Crippen LogP contribution in [-0.4, -0.2) is 30.3 Å². The van der Waals surface area contributed by atoms with Crippen molar-refractivity contribution in [3.8, 4) is 0 Å². The smallest absolute Gasteiger partial charge is 0.111 e. The third kappa shape index (κ3) is 2.32. The van der Waals surface area contributed by atoms with E-state index in [1.165, 1.54) is 6.20 Å². The number of H-pyrrole nitrogens is 1. The molecule has 2 aromatic rings. The highest BCUT2D eigenvalue weighted by Gasteiger charge is 2.18. The van der Waals surface area contributed by atoms with Gasteiger partial charge in [-0.1, -0.05) is 11.6 Å². The van der Waals surface area contributed by atoms with Crippen LogP contribution in [0.5, 0.6) is 0 Å². The molecule has 1 atom stereocenters. The van der Waals surface area contributed by atoms with Crippen molar-refractivity contribution in [1.29, 1.82) is 0 Å². The van der Waals surface area contributed by atoms with Crippen LogP contribution in [0.2, 0.25) is 5.02 Å². The predicted octanol–water partition coefficient (Wildman–Crippen LogP) is 1.26. The molecule has 0 saturated carbocycles. The van der Waals surface area contributed by atoms with Crippen LogP contribution in [0.3, 0.4) is 0 Å². The maximum Gasteiger partial charge on any atom is 0.111 e. The van der Waals surface area contributed by atoms with Crippen molar-refractivity contribution in [3.63, 3.8) is 0 Å². The fourth-order valence-electron chi connectivity index (χ4n) is 1.72. The molecule has 7 heteroatoms. The van der Waals surface area contributed by atoms with Crippen LogP contribution < -0.4 is 0 Å². The van der Waals surface area contributed by atoms with Crippen LogP contribution in [-0.2, 0) is 13.0 Å². The number of aromatic amines is 1. The monoisotopic (exact) mass is 255 g/mol. The molecule has 0 aromatic carbocycles. The number of hydrogen-bond acceptors (Lipinski definition) is 4. The summed E-state index contributed by atoms with van der Waals surface area (Å²) in [6.45, 7) is 4.55. The minimum Gasteiger partial charge on any atom is -0.386 e. The van der Waals surface area contributed by atoms with E-state index in [2.05, 4.69) is 20.5 Å². The van der Waals surface area contributed by atoms with Crippen molar-refractivity contribution in [2.24, 2.45) is 0 Å². The van der Waals surface area contributed by atoms with E-state index in [1.807, 2.05) is 13.8 Å². The summed E-state index contributed by atoms with van der Waals surface area (Å²) in [7, 11) is 0. The summed E-state index contributed by atoms with van der Waals surface area (Å²) in [6.07, 6.45) is 1.14. The van der Waals surface area contributed by atoms with Crippen LogP contribution in [0, 0.1) is 6.92 Å². The lowest BCUT2D eigenvalue weighted by atomic mass is 10.1. The van der Waals surface area contributed by atoms with Gasteiger partial charge in [-0.25, -0.2) is 0 Å². The molecule has 2 N–H and O–H groups in total. The molecule has 92 valence electrons. The van der Waals surface area contributed by atoms with E-state index < -0.39 is 6.10 Å². The van der Waals surface area contributed by atoms with Gasteiger partial charge in [0.15, 0.2) is 0 Å². The number of aromatic nitrogens is 5. The number of aryl methyl sites for hydroxylation is 2. The molecule has 0 amide bonds. The molecule has 0 radical (unpaired) electrons. The Balaban J connectivity index is 2.24. The molecule has 0 aliphatic heterocycles. The molecule has 0 spiro atoms. The van der Waals surface area contributed by atoms with E-state index in [9.17, 15) is 5.11 Å². The average Bonchev–Trinajstić information content (AvgIpc) is 2.92. The van der Waals surface area contributed by atoms with Crippen molar-refractivity contribution in [2.75, 3.05) is 0 Å². The number of nitrogens with zero attached hydrogens (tertiary/aromatic N) is 4. The molecule has 0 fully saturated rings. The number of hydrogen-bond donors (Lipinski definition) is 2. The number of nitrogens with one attached hydrogen (secondary N) is 1. The first-order chi connectivity index (χ1) is 8.13. The second-order valence-electron chi connectivity index (χ2n) is 3.78. The maximum atomic E-state index is 9.99. The zero-order chi connectivity index (χ0) is 12.4. The molecule has 0 aliphatic carbocycles. The van der Waals surface area contributed by atoms with Crippen LogP contribution in [0.25, 0.3) is 0 Å². The molecule has 2 rings (SSSR count). The van der Waals surface area contributed by atoms with Crippen molar-refractivity contribution < 1.29 is 5.11 Å². The molecule has 1 unspecified atom stereocenters. The molecule has 6 nitrogen and oxygen atoms in total. The fourth-order valence-corrected chi connectivity index (χ4v) is 1.94. The quantitative estimate of drug-likeness (QED) is 0.862. The lowest BCUT2D eigenvalue weighted by Crippen LogP contribution is -2.09. The van der Waals surface area contributed by atoms with E-state index in [0.717, 1.165) is 11.4 Å². The summed E-state index contributed by atoms with van der Waals surface area (Å²) in [5, 5.41) is 24.9. The number of halogens is 1. The summed E-state index contributed by atoms with van der Waals surface area (Å²) < 4.78 is 1.79. The Morgan fingerprint density at radius 3 is 2.94 bits per heavy atom. The third-order valence-corrected chi connectivity index (χ3v) is 3.11. The molecular weight excluding hydrogens is 242 g/mol. The highest BCUT2D eigenvalue weighted by Crippen LogP contribution is 2.25. The minimum atomic E-state index is -0.729. The van der Waals surface area contributed by atoms with Gasteiger partial charge in [0.25, 0.3) is 0 Å². The van der Waals surface area contributed by atoms with Gasteiger partial charge in [-0.3, -0.25) is 4.68 Å². The van der Waals surface area contributed by atoms with Gasteiger partial charge in [0.2, 0.25) is 0 Å². The van der Waals surface area contributed by atoms with Crippen molar-refractivity contribution in [1.82, 2.24) is 25.2 Å². The first-order valence-corrected chi connectivity index (χ1v) is 5.76. The lowest BCUT2D eigenvalue weighted by molar-refractivity contribution is 0.170. The summed E-state index contributed by atoms with van der Waals surface area (Å²) in [5.41, 5.74) is 2.10. The SMILES string of the molecule is CCn1nc(C)c(Cl)c1CC(O)c1cn[nH]n1. The van der Waals surface area contributed by atoms with E-state index in [1.54, 1.807) is 4.68 Å². The molecule has 0 bridgehead atoms. The lowest BCUT2D eigenvalue weighted by Gasteiger charge is -2.09. The van der Waals surface area contributed by atoms with Gasteiger partial charge in [-0.15, -0.1) is 0 Å². The second-order valence-corrected chi connectivity index (χ2v) is 4.15. The van der Waals surface area contributed by atoms with E-state index in [4.69, 9.17) is 11.6 Å². The zero-order valence-electron chi connectivity index (χ0n) is 9.68. The van der Waals surface area contributed by atoms with E-state index in [-0.39, 0.29) is 0 Å². The standard InChI is InChI=1S/C10H14ClN5O/c1-3-16-8(10(11)6(2)14-16)4-9(17)7-5-12-15-13-7/h5,9,17H,3-4H2,1-2H3,(H,12,13,15). The van der Waals surface area contributed by atoms with Crippen LogP contribution in [0.15, 0.2) is 6.20 Å². The minimum absolute atomic E-state index is 0.375. The van der Waals surface area contributed by atoms with E-state index in [0.29, 0.717) is 23.7 Å². The van der Waals surface area contributed by atoms with Gasteiger partial charge < -0.3 is 5.11 Å². The van der Waals surface area contributed by atoms with Crippen molar-refractivity contribution >= 4 is 11.6 Å². The third-order valence-electron chi connectivity index (χ3n) is 2.61. The Labute approximate surface area is 104 Å². The molecular formula is C10H14ClN5O. The van der Waals surface area contributed by atoms with Gasteiger partial charge in [0.1, 0.15) is 11.8 Å². The average molecular weight is 256 g/mol. The van der Waals surface area contributed by atoms with Crippen LogP contribution in [0.1, 0.15) is 30.1 Å². The molecule has 0 saturated heterocycles. The van der Waals surface area contributed by atoms with E-state index >= 15 is 0 Å². The Bertz CT molecular complexity index is 493. The van der Waals surface area contributed by atoms with Crippen molar-refractivity contribution in [3.05, 3.63) is 28.3 Å². The summed E-state index contributed by atoms with van der Waals surface area (Å²) in [5.74, 6) is 0. The largest absolute Gasteiger partial charge is 0.386 e. The summed E-state index contributed by atoms with van der Waals surface area (Å²) >= 11 is 6.16. The normalized spacial score (nSPS) is 12.9. The second kappa shape index (κ2) is 4.85. The number of aliphatic hydroxyl groups is 1. The van der Waals surface area contributed by atoms with Crippen LogP contribution >= 0.6 is 11.6 Å². The number of aliphatic hydroxyl groups excluding tert-OH is 1. The molecule has 2 aromatic heterocycles. The number of rotatable bonds is 4.